The van der Waals surface area contributed by atoms with Gasteiger partial charge in [-0.3, -0.25) is 14.4 Å². The van der Waals surface area contributed by atoms with Crippen LogP contribution in [-0.4, -0.2) is 33.1 Å². The first kappa shape index (κ1) is 20.5. The predicted molar refractivity (Wildman–Crippen MR) is 113 cm³/mol. The van der Waals surface area contributed by atoms with Gasteiger partial charge in [-0.1, -0.05) is 43.3 Å². The molecule has 0 radical (unpaired) electrons. The van der Waals surface area contributed by atoms with Crippen LogP contribution in [0.4, 0.5) is 0 Å². The molecule has 0 saturated heterocycles. The van der Waals surface area contributed by atoms with Crippen LogP contribution in [0.25, 0.3) is 10.9 Å². The molecule has 6 nitrogen and oxygen atoms in total. The molecule has 0 aliphatic rings. The van der Waals surface area contributed by atoms with Crippen LogP contribution in [0, 0.1) is 0 Å². The zero-order chi connectivity index (χ0) is 20.8. The summed E-state index contributed by atoms with van der Waals surface area (Å²) in [6, 6.07) is 14.6. The van der Waals surface area contributed by atoms with E-state index in [0.717, 1.165) is 6.42 Å². The van der Waals surface area contributed by atoms with Gasteiger partial charge in [-0.25, -0.2) is 4.98 Å². The molecule has 0 spiro atoms. The number of H-pyrrole nitrogens is 1. The molecule has 1 amide bonds. The normalized spacial score (nSPS) is 10.8. The van der Waals surface area contributed by atoms with Gasteiger partial charge >= 0.3 is 0 Å². The molecule has 0 unspecified atom stereocenters. The average Bonchev–Trinajstić information content (AvgIpc) is 2.75. The number of nitrogens with zero attached hydrogens (tertiary/aromatic N) is 2. The smallest absolute Gasteiger partial charge is 0.258 e. The van der Waals surface area contributed by atoms with Gasteiger partial charge in [-0.05, 0) is 31.0 Å². The summed E-state index contributed by atoms with van der Waals surface area (Å²) in [5.41, 5.74) is 2.17. The van der Waals surface area contributed by atoms with Gasteiger partial charge in [0.25, 0.3) is 5.56 Å². The van der Waals surface area contributed by atoms with E-state index in [9.17, 15) is 14.4 Å². The van der Waals surface area contributed by atoms with E-state index in [1.165, 1.54) is 5.56 Å². The number of rotatable bonds is 8. The molecule has 3 rings (SSSR count). The van der Waals surface area contributed by atoms with E-state index in [1.54, 1.807) is 23.1 Å². The zero-order valence-corrected chi connectivity index (χ0v) is 16.8. The Morgan fingerprint density at radius 2 is 1.72 bits per heavy atom. The van der Waals surface area contributed by atoms with Crippen LogP contribution < -0.4 is 5.56 Å². The summed E-state index contributed by atoms with van der Waals surface area (Å²) in [6.07, 6.45) is 1.20. The first-order valence-corrected chi connectivity index (χ1v) is 9.89. The van der Waals surface area contributed by atoms with Gasteiger partial charge in [0.15, 0.2) is 5.78 Å². The second-order valence-corrected chi connectivity index (χ2v) is 6.91. The highest BCUT2D eigenvalue weighted by Gasteiger charge is 2.16. The molecule has 29 heavy (non-hydrogen) atoms. The Balaban J connectivity index is 1.64. The largest absolute Gasteiger partial charge is 0.335 e. The van der Waals surface area contributed by atoms with Crippen molar-refractivity contribution in [1.29, 1.82) is 0 Å². The quantitative estimate of drug-likeness (QED) is 0.596. The highest BCUT2D eigenvalue weighted by atomic mass is 16.2. The van der Waals surface area contributed by atoms with Crippen LogP contribution in [0.3, 0.4) is 0 Å². The Labute approximate surface area is 169 Å². The fraction of sp³-hybridized carbons (Fsp3) is 0.304. The number of hydrogen-bond acceptors (Lipinski definition) is 4. The number of aromatic nitrogens is 2. The van der Waals surface area contributed by atoms with E-state index in [4.69, 9.17) is 0 Å². The third-order valence-corrected chi connectivity index (χ3v) is 4.99. The number of benzene rings is 2. The van der Waals surface area contributed by atoms with Crippen LogP contribution in [0.1, 0.15) is 48.4 Å². The second-order valence-electron chi connectivity index (χ2n) is 6.91. The second kappa shape index (κ2) is 9.28. The van der Waals surface area contributed by atoms with Crippen molar-refractivity contribution in [2.75, 3.05) is 6.54 Å². The minimum Gasteiger partial charge on any atom is -0.335 e. The number of ketones is 1. The molecule has 150 valence electrons. The van der Waals surface area contributed by atoms with Crippen molar-refractivity contribution >= 4 is 22.6 Å². The van der Waals surface area contributed by atoms with E-state index in [0.29, 0.717) is 28.8 Å². The lowest BCUT2D eigenvalue weighted by atomic mass is 10.0. The van der Waals surface area contributed by atoms with E-state index in [-0.39, 0.29) is 36.6 Å². The fourth-order valence-corrected chi connectivity index (χ4v) is 3.22. The number of para-hydroxylation sites is 1. The summed E-state index contributed by atoms with van der Waals surface area (Å²) < 4.78 is 0. The number of aryl methyl sites for hydroxylation is 1. The molecule has 0 aliphatic carbocycles. The number of fused-ring (bicyclic) bond motifs is 1. The molecule has 0 fully saturated rings. The highest BCUT2D eigenvalue weighted by molar-refractivity contribution is 5.98. The van der Waals surface area contributed by atoms with Gasteiger partial charge in [0.05, 0.1) is 17.4 Å². The number of carbonyl (C=O) groups is 2. The molecule has 0 saturated carbocycles. The van der Waals surface area contributed by atoms with Crippen molar-refractivity contribution < 1.29 is 9.59 Å². The fourth-order valence-electron chi connectivity index (χ4n) is 3.22. The minimum atomic E-state index is -0.222. The number of aromatic amines is 1. The van der Waals surface area contributed by atoms with Crippen LogP contribution in [0.15, 0.2) is 53.3 Å². The molecule has 1 N–H and O–H groups in total. The number of nitrogens with one attached hydrogen (secondary N) is 1. The first-order chi connectivity index (χ1) is 14.0. The maximum absolute atomic E-state index is 12.6. The Bertz CT molecular complexity index is 1070. The monoisotopic (exact) mass is 391 g/mol. The van der Waals surface area contributed by atoms with Gasteiger partial charge < -0.3 is 9.88 Å². The molecule has 6 heteroatoms. The van der Waals surface area contributed by atoms with Crippen LogP contribution in [0.2, 0.25) is 0 Å². The van der Waals surface area contributed by atoms with E-state index < -0.39 is 0 Å². The highest BCUT2D eigenvalue weighted by Crippen LogP contribution is 2.11. The van der Waals surface area contributed by atoms with E-state index in [1.807, 2.05) is 37.3 Å². The Morgan fingerprint density at radius 1 is 1.00 bits per heavy atom. The van der Waals surface area contributed by atoms with Gasteiger partial charge in [-0.2, -0.15) is 0 Å². The molecular formula is C23H25N3O3. The molecule has 1 aromatic heterocycles. The SMILES string of the molecule is CCc1ccc(C(=O)CCC(=O)N(CC)Cc2nc3ccccc3c(=O)[nH]2)cc1. The van der Waals surface area contributed by atoms with Gasteiger partial charge in [-0.15, -0.1) is 0 Å². The third kappa shape index (κ3) is 4.96. The van der Waals surface area contributed by atoms with Crippen LogP contribution in [-0.2, 0) is 17.8 Å². The minimum absolute atomic E-state index is 0.0470. The number of Topliss-reactive ketones (excluding diaryl/α,β-unsaturated/α-hetero) is 1. The van der Waals surface area contributed by atoms with E-state index in [2.05, 4.69) is 16.9 Å². The summed E-state index contributed by atoms with van der Waals surface area (Å²) in [4.78, 5) is 46.0. The topological polar surface area (TPSA) is 83.1 Å². The van der Waals surface area contributed by atoms with Crippen molar-refractivity contribution in [3.8, 4) is 0 Å². The van der Waals surface area contributed by atoms with Crippen molar-refractivity contribution in [3.63, 3.8) is 0 Å². The number of hydrogen-bond donors (Lipinski definition) is 1. The Hall–Kier alpha value is -3.28. The molecule has 2 aromatic carbocycles. The summed E-state index contributed by atoms with van der Waals surface area (Å²) in [5, 5.41) is 0.519. The van der Waals surface area contributed by atoms with Crippen molar-refractivity contribution in [2.24, 2.45) is 0 Å². The maximum atomic E-state index is 12.6. The zero-order valence-electron chi connectivity index (χ0n) is 16.8. The molecule has 0 atom stereocenters. The molecule has 1 heterocycles. The summed E-state index contributed by atoms with van der Waals surface area (Å²) in [5.74, 6) is 0.251. The summed E-state index contributed by atoms with van der Waals surface area (Å²) >= 11 is 0. The third-order valence-electron chi connectivity index (χ3n) is 4.99. The van der Waals surface area contributed by atoms with Gasteiger partial charge in [0.1, 0.15) is 5.82 Å². The lowest BCUT2D eigenvalue weighted by molar-refractivity contribution is -0.131. The number of carbonyl (C=O) groups excluding carboxylic acids is 2. The van der Waals surface area contributed by atoms with Gasteiger partial charge in [0, 0.05) is 24.9 Å². The Kier molecular flexibility index (Phi) is 6.54. The molecule has 0 aliphatic heterocycles. The van der Waals surface area contributed by atoms with Gasteiger partial charge in [0.2, 0.25) is 5.91 Å². The molecule has 0 bridgehead atoms. The van der Waals surface area contributed by atoms with E-state index >= 15 is 0 Å². The maximum Gasteiger partial charge on any atom is 0.258 e. The first-order valence-electron chi connectivity index (χ1n) is 9.89. The Morgan fingerprint density at radius 3 is 2.41 bits per heavy atom. The van der Waals surface area contributed by atoms with Crippen molar-refractivity contribution in [1.82, 2.24) is 14.9 Å². The average molecular weight is 391 g/mol. The van der Waals surface area contributed by atoms with Crippen molar-refractivity contribution in [2.45, 2.75) is 39.7 Å². The lowest BCUT2D eigenvalue weighted by Crippen LogP contribution is -2.32. The molecular weight excluding hydrogens is 366 g/mol. The summed E-state index contributed by atoms with van der Waals surface area (Å²) in [7, 11) is 0. The lowest BCUT2D eigenvalue weighted by Gasteiger charge is -2.20. The standard InChI is InChI=1S/C23H25N3O3/c1-3-16-9-11-17(12-10-16)20(27)13-14-22(28)26(4-2)15-21-24-19-8-6-5-7-18(19)23(29)25-21/h5-12H,3-4,13-15H2,1-2H3,(H,24,25,29). The van der Waals surface area contributed by atoms with Crippen LogP contribution >= 0.6 is 0 Å². The molecule has 3 aromatic rings. The van der Waals surface area contributed by atoms with Crippen molar-refractivity contribution in [3.05, 3.63) is 75.8 Å². The predicted octanol–water partition coefficient (Wildman–Crippen LogP) is 3.50. The summed E-state index contributed by atoms with van der Waals surface area (Å²) in [6.45, 7) is 4.60. The van der Waals surface area contributed by atoms with Crippen LogP contribution in [0.5, 0.6) is 0 Å². The number of amides is 1.